The van der Waals surface area contributed by atoms with Crippen LogP contribution in [-0.4, -0.2) is 15.7 Å². The van der Waals surface area contributed by atoms with E-state index in [-0.39, 0.29) is 0 Å². The maximum absolute atomic E-state index is 10.4. The molecule has 49 heavy (non-hydrogen) atoms. The van der Waals surface area contributed by atoms with E-state index in [1.165, 1.54) is 61.0 Å². The number of para-hydroxylation sites is 2. The van der Waals surface area contributed by atoms with Crippen molar-refractivity contribution in [2.45, 2.75) is 31.7 Å². The highest BCUT2D eigenvalue weighted by Gasteiger charge is 2.24. The molecule has 7 aromatic rings. The lowest BCUT2D eigenvalue weighted by Crippen LogP contribution is -2.04. The summed E-state index contributed by atoms with van der Waals surface area (Å²) in [5, 5.41) is 16.4. The molecule has 1 aliphatic heterocycles. The Kier molecular flexibility index (Phi) is 6.37. The van der Waals surface area contributed by atoms with Gasteiger partial charge in [0.15, 0.2) is 0 Å². The van der Waals surface area contributed by atoms with Crippen molar-refractivity contribution in [2.75, 3.05) is 6.54 Å². The van der Waals surface area contributed by atoms with Gasteiger partial charge in [0.2, 0.25) is 0 Å². The van der Waals surface area contributed by atoms with Crippen molar-refractivity contribution in [3.63, 3.8) is 0 Å². The second kappa shape index (κ2) is 11.1. The van der Waals surface area contributed by atoms with Crippen LogP contribution in [0.3, 0.4) is 0 Å². The van der Waals surface area contributed by atoms with Gasteiger partial charge in [-0.3, -0.25) is 0 Å². The average Bonchev–Trinajstić information content (AvgIpc) is 3.89. The predicted octanol–water partition coefficient (Wildman–Crippen LogP) is 10.3. The maximum Gasteiger partial charge on any atom is 0.0992 e. The Morgan fingerprint density at radius 2 is 1.33 bits per heavy atom. The highest BCUT2D eigenvalue weighted by molar-refractivity contribution is 5.94. The van der Waals surface area contributed by atoms with Crippen molar-refractivity contribution in [2.24, 2.45) is 0 Å². The fourth-order valence-corrected chi connectivity index (χ4v) is 8.21. The molecule has 0 radical (unpaired) electrons. The molecule has 0 spiro atoms. The number of aromatic nitrogens is 2. The summed E-state index contributed by atoms with van der Waals surface area (Å²) in [4.78, 5) is 0. The van der Waals surface area contributed by atoms with Gasteiger partial charge < -0.3 is 14.5 Å². The second-order valence-corrected chi connectivity index (χ2v) is 13.5. The van der Waals surface area contributed by atoms with Crippen LogP contribution in [0, 0.1) is 11.3 Å². The predicted molar refractivity (Wildman–Crippen MR) is 201 cm³/mol. The first-order valence-corrected chi connectivity index (χ1v) is 17.4. The Morgan fingerprint density at radius 3 is 2.14 bits per heavy atom. The van der Waals surface area contributed by atoms with Gasteiger partial charge >= 0.3 is 0 Å². The fourth-order valence-electron chi connectivity index (χ4n) is 8.21. The molecule has 1 unspecified atom stereocenters. The van der Waals surface area contributed by atoms with Gasteiger partial charge in [-0.15, -0.1) is 0 Å². The van der Waals surface area contributed by atoms with Crippen LogP contribution in [-0.2, 0) is 12.8 Å². The topological polar surface area (TPSA) is 55.6 Å². The summed E-state index contributed by atoms with van der Waals surface area (Å²) in [7, 11) is 0. The highest BCUT2D eigenvalue weighted by Crippen LogP contribution is 2.40. The van der Waals surface area contributed by atoms with Crippen LogP contribution in [0.4, 0.5) is 0 Å². The van der Waals surface area contributed by atoms with Crippen molar-refractivity contribution in [1.29, 1.82) is 5.26 Å². The van der Waals surface area contributed by atoms with Gasteiger partial charge in [-0.05, 0) is 120 Å². The van der Waals surface area contributed by atoms with E-state index in [9.17, 15) is 5.26 Å². The minimum atomic E-state index is 0.431. The van der Waals surface area contributed by atoms with Crippen LogP contribution in [0.1, 0.15) is 52.5 Å². The molecule has 1 saturated heterocycles. The molecular weight excluding hydrogens is 597 g/mol. The summed E-state index contributed by atoms with van der Waals surface area (Å²) in [6, 6.07) is 42.7. The van der Waals surface area contributed by atoms with Crippen molar-refractivity contribution in [3.05, 3.63) is 155 Å². The van der Waals surface area contributed by atoms with Gasteiger partial charge in [0.05, 0.1) is 22.7 Å². The molecule has 2 aromatic heterocycles. The molecule has 2 aliphatic carbocycles. The van der Waals surface area contributed by atoms with Crippen molar-refractivity contribution in [1.82, 2.24) is 14.5 Å². The number of benzene rings is 5. The fraction of sp³-hybridized carbons (Fsp3) is 0.133. The van der Waals surface area contributed by atoms with Gasteiger partial charge in [0.25, 0.3) is 0 Å². The summed E-state index contributed by atoms with van der Waals surface area (Å²) in [6.07, 6.45) is 13.2. The molecular formula is C45H34N4. The third-order valence-electron chi connectivity index (χ3n) is 10.6. The van der Waals surface area contributed by atoms with E-state index < -0.39 is 0 Å². The smallest absolute Gasteiger partial charge is 0.0992 e. The molecule has 3 heterocycles. The molecule has 10 rings (SSSR count). The minimum absolute atomic E-state index is 0.431. The Morgan fingerprint density at radius 1 is 0.633 bits per heavy atom. The normalized spacial score (nSPS) is 16.1. The Hall–Kier alpha value is -5.89. The molecule has 0 bridgehead atoms. The van der Waals surface area contributed by atoms with Crippen LogP contribution in [0.25, 0.3) is 67.6 Å². The Labute approximate surface area is 285 Å². The molecule has 4 nitrogen and oxygen atoms in total. The summed E-state index contributed by atoms with van der Waals surface area (Å²) >= 11 is 0. The van der Waals surface area contributed by atoms with E-state index in [4.69, 9.17) is 0 Å². The van der Waals surface area contributed by atoms with Crippen molar-refractivity contribution in [3.8, 4) is 39.7 Å². The first kappa shape index (κ1) is 28.2. The zero-order chi connectivity index (χ0) is 32.5. The number of hydrogen-bond acceptors (Lipinski definition) is 2. The molecule has 3 aliphatic rings. The van der Waals surface area contributed by atoms with Gasteiger partial charge in [-0.2, -0.15) is 5.26 Å². The van der Waals surface area contributed by atoms with Crippen LogP contribution in [0.2, 0.25) is 0 Å². The van der Waals surface area contributed by atoms with Crippen LogP contribution < -0.4 is 5.32 Å². The number of nitrogens with one attached hydrogen (secondary N) is 1. The quantitative estimate of drug-likeness (QED) is 0.192. The highest BCUT2D eigenvalue weighted by atomic mass is 15.1. The molecule has 0 saturated carbocycles. The van der Waals surface area contributed by atoms with Crippen molar-refractivity contribution < 1.29 is 0 Å². The molecule has 5 aromatic carbocycles. The lowest BCUT2D eigenvalue weighted by atomic mass is 9.95. The third-order valence-corrected chi connectivity index (χ3v) is 10.6. The zero-order valence-corrected chi connectivity index (χ0v) is 27.2. The number of nitrogens with zero attached hydrogens (tertiary/aromatic N) is 3. The Bertz CT molecular complexity index is 2580. The minimum Gasteiger partial charge on any atom is -0.313 e. The summed E-state index contributed by atoms with van der Waals surface area (Å²) in [6.45, 7) is 1.03. The number of allylic oxidation sites excluding steroid dienone is 2. The number of fused-ring (bicyclic) bond motifs is 6. The molecule has 0 amide bonds. The molecule has 234 valence electrons. The molecule has 1 fully saturated rings. The van der Waals surface area contributed by atoms with E-state index >= 15 is 0 Å². The van der Waals surface area contributed by atoms with Crippen LogP contribution in [0.5, 0.6) is 0 Å². The standard InChI is InChI=1S/C45H34N4/c46-27-29-20-32(24-35(21-29)48-42-16-5-1-12-37(42)38-13-2-6-17-43(38)48)34-23-33(30-10-9-11-31(22-30)41-28-47-41)25-36(26-34)49-44-18-7-3-14-39(44)40-15-4-8-19-45(40)49/h1-3,5,7-14,16,18-26,41,47H,4,6,15,17,28H2. The monoisotopic (exact) mass is 630 g/mol. The van der Waals surface area contributed by atoms with E-state index in [1.54, 1.807) is 0 Å². The summed E-state index contributed by atoms with van der Waals surface area (Å²) < 4.78 is 4.83. The first-order valence-electron chi connectivity index (χ1n) is 17.4. The summed E-state index contributed by atoms with van der Waals surface area (Å²) in [5.41, 5.74) is 16.3. The molecule has 1 N–H and O–H groups in total. The van der Waals surface area contributed by atoms with Gasteiger partial charge in [-0.1, -0.05) is 72.8 Å². The van der Waals surface area contributed by atoms with E-state index in [1.807, 2.05) is 6.07 Å². The Balaban J connectivity index is 1.23. The number of aryl methyl sites for hydroxylation is 1. The number of nitriles is 1. The van der Waals surface area contributed by atoms with Crippen LogP contribution in [0.15, 0.2) is 121 Å². The van der Waals surface area contributed by atoms with E-state index in [0.29, 0.717) is 11.6 Å². The van der Waals surface area contributed by atoms with Gasteiger partial charge in [0, 0.05) is 51.7 Å². The largest absolute Gasteiger partial charge is 0.313 e. The molecule has 1 atom stereocenters. The van der Waals surface area contributed by atoms with Gasteiger partial charge in [0.1, 0.15) is 0 Å². The van der Waals surface area contributed by atoms with Crippen LogP contribution >= 0.6 is 0 Å². The van der Waals surface area contributed by atoms with E-state index in [0.717, 1.165) is 54.7 Å². The first-order chi connectivity index (χ1) is 24.2. The lowest BCUT2D eigenvalue weighted by Gasteiger charge is -2.18. The van der Waals surface area contributed by atoms with E-state index in [2.05, 4.69) is 148 Å². The van der Waals surface area contributed by atoms with Crippen molar-refractivity contribution >= 4 is 34.0 Å². The third kappa shape index (κ3) is 4.62. The zero-order valence-electron chi connectivity index (χ0n) is 27.2. The van der Waals surface area contributed by atoms with Gasteiger partial charge in [-0.25, -0.2) is 0 Å². The second-order valence-electron chi connectivity index (χ2n) is 13.5. The molecule has 4 heteroatoms. The lowest BCUT2D eigenvalue weighted by molar-refractivity contribution is 0.888. The maximum atomic E-state index is 10.4. The number of rotatable bonds is 5. The SMILES string of the molecule is N#Cc1cc(-c2cc(-c3cccc(C4CN4)c3)cc(-n3c4c(c5ccccc53)CCC=C4)c2)cc(-n2c3c(c4ccccc42)C=CCC3)c1. The number of hydrogen-bond donors (Lipinski definition) is 1. The summed E-state index contributed by atoms with van der Waals surface area (Å²) in [5.74, 6) is 0. The average molecular weight is 631 g/mol.